The van der Waals surface area contributed by atoms with Crippen molar-refractivity contribution >= 4 is 21.4 Å². The Kier molecular flexibility index (Phi) is 5.67. The van der Waals surface area contributed by atoms with Gasteiger partial charge in [-0.1, -0.05) is 26.8 Å². The SMILES string of the molecule is COc1ccc(C(C)(C)C)cc1S(=O)(=O)NCCc1nc(C)cs1. The fraction of sp³-hybridized carbons (Fsp3) is 0.471. The van der Waals surface area contributed by atoms with Crippen LogP contribution in [0.3, 0.4) is 0 Å². The highest BCUT2D eigenvalue weighted by atomic mass is 32.2. The molecule has 0 radical (unpaired) electrons. The number of nitrogens with one attached hydrogen (secondary N) is 1. The number of ether oxygens (including phenoxy) is 1. The van der Waals surface area contributed by atoms with Gasteiger partial charge in [-0.15, -0.1) is 11.3 Å². The lowest BCUT2D eigenvalue weighted by atomic mass is 9.87. The predicted octanol–water partition coefficient (Wildman–Crippen LogP) is 3.28. The maximum absolute atomic E-state index is 12.7. The number of aromatic nitrogens is 1. The molecule has 1 N–H and O–H groups in total. The second-order valence-corrected chi connectivity index (χ2v) is 9.32. The standard InChI is InChI=1S/C17H24N2O3S2/c1-12-11-23-16(19-12)8-9-18-24(20,21)15-10-13(17(2,3)4)6-7-14(15)22-5/h6-7,10-11,18H,8-9H2,1-5H3. The molecule has 0 aliphatic heterocycles. The Labute approximate surface area is 148 Å². The Bertz CT molecular complexity index is 805. The van der Waals surface area contributed by atoms with E-state index >= 15 is 0 Å². The molecule has 0 spiro atoms. The molecule has 24 heavy (non-hydrogen) atoms. The van der Waals surface area contributed by atoms with Gasteiger partial charge in [-0.25, -0.2) is 18.1 Å². The molecule has 5 nitrogen and oxygen atoms in total. The van der Waals surface area contributed by atoms with Crippen molar-refractivity contribution in [3.8, 4) is 5.75 Å². The van der Waals surface area contributed by atoms with Gasteiger partial charge in [-0.3, -0.25) is 0 Å². The van der Waals surface area contributed by atoms with E-state index in [2.05, 4.69) is 9.71 Å². The number of rotatable bonds is 6. The average Bonchev–Trinajstić information content (AvgIpc) is 2.91. The molecule has 1 aromatic heterocycles. The van der Waals surface area contributed by atoms with Crippen LogP contribution in [0.1, 0.15) is 37.0 Å². The molecule has 1 heterocycles. The zero-order valence-electron chi connectivity index (χ0n) is 14.7. The van der Waals surface area contributed by atoms with E-state index in [1.54, 1.807) is 12.1 Å². The van der Waals surface area contributed by atoms with Crippen molar-refractivity contribution in [3.05, 3.63) is 39.8 Å². The highest BCUT2D eigenvalue weighted by Crippen LogP contribution is 2.30. The summed E-state index contributed by atoms with van der Waals surface area (Å²) in [5.41, 5.74) is 1.76. The van der Waals surface area contributed by atoms with Crippen LogP contribution in [0.15, 0.2) is 28.5 Å². The van der Waals surface area contributed by atoms with Crippen LogP contribution in [0.5, 0.6) is 5.75 Å². The Morgan fingerprint density at radius 1 is 1.29 bits per heavy atom. The van der Waals surface area contributed by atoms with Crippen molar-refractivity contribution in [2.75, 3.05) is 13.7 Å². The minimum atomic E-state index is -3.65. The molecule has 132 valence electrons. The second-order valence-electron chi connectivity index (χ2n) is 6.65. The number of methoxy groups -OCH3 is 1. The van der Waals surface area contributed by atoms with Gasteiger partial charge in [0.2, 0.25) is 10.0 Å². The first kappa shape index (κ1) is 18.9. The number of thiazole rings is 1. The van der Waals surface area contributed by atoms with Gasteiger partial charge in [0.05, 0.1) is 12.1 Å². The van der Waals surface area contributed by atoms with Gasteiger partial charge in [0.15, 0.2) is 0 Å². The van der Waals surface area contributed by atoms with Gasteiger partial charge in [0.1, 0.15) is 10.6 Å². The first-order valence-corrected chi connectivity index (χ1v) is 10.1. The third-order valence-corrected chi connectivity index (χ3v) is 6.13. The number of hydrogen-bond acceptors (Lipinski definition) is 5. The maximum atomic E-state index is 12.7. The lowest BCUT2D eigenvalue weighted by Gasteiger charge is -2.21. The zero-order valence-corrected chi connectivity index (χ0v) is 16.3. The Morgan fingerprint density at radius 3 is 2.54 bits per heavy atom. The Morgan fingerprint density at radius 2 is 2.00 bits per heavy atom. The molecule has 0 atom stereocenters. The van der Waals surface area contributed by atoms with Gasteiger partial charge in [-0.05, 0) is 30.0 Å². The third-order valence-electron chi connectivity index (χ3n) is 3.62. The van der Waals surface area contributed by atoms with E-state index in [0.29, 0.717) is 18.7 Å². The fourth-order valence-corrected chi connectivity index (χ4v) is 4.24. The highest BCUT2D eigenvalue weighted by molar-refractivity contribution is 7.89. The van der Waals surface area contributed by atoms with Crippen LogP contribution in [0, 0.1) is 6.92 Å². The van der Waals surface area contributed by atoms with E-state index in [1.807, 2.05) is 39.1 Å². The molecule has 0 fully saturated rings. The summed E-state index contributed by atoms with van der Waals surface area (Å²) in [5.74, 6) is 0.348. The van der Waals surface area contributed by atoms with Crippen LogP contribution in [-0.2, 0) is 21.9 Å². The fourth-order valence-electron chi connectivity index (χ4n) is 2.24. The summed E-state index contributed by atoms with van der Waals surface area (Å²) in [5, 5.41) is 2.88. The average molecular weight is 369 g/mol. The first-order chi connectivity index (χ1) is 11.1. The van der Waals surface area contributed by atoms with Gasteiger partial charge in [-0.2, -0.15) is 0 Å². The van der Waals surface area contributed by atoms with Crippen molar-refractivity contribution < 1.29 is 13.2 Å². The van der Waals surface area contributed by atoms with Crippen molar-refractivity contribution in [1.82, 2.24) is 9.71 Å². The number of nitrogens with zero attached hydrogens (tertiary/aromatic N) is 1. The monoisotopic (exact) mass is 368 g/mol. The summed E-state index contributed by atoms with van der Waals surface area (Å²) in [6.07, 6.45) is 0.568. The van der Waals surface area contributed by atoms with Gasteiger partial charge >= 0.3 is 0 Å². The summed E-state index contributed by atoms with van der Waals surface area (Å²) in [6.45, 7) is 8.36. The minimum Gasteiger partial charge on any atom is -0.495 e. The maximum Gasteiger partial charge on any atom is 0.244 e. The van der Waals surface area contributed by atoms with E-state index in [0.717, 1.165) is 16.3 Å². The van der Waals surface area contributed by atoms with Crippen LogP contribution in [0.4, 0.5) is 0 Å². The third kappa shape index (κ3) is 4.55. The lowest BCUT2D eigenvalue weighted by Crippen LogP contribution is -2.27. The summed E-state index contributed by atoms with van der Waals surface area (Å²) >= 11 is 1.54. The summed E-state index contributed by atoms with van der Waals surface area (Å²) in [7, 11) is -2.17. The smallest absolute Gasteiger partial charge is 0.244 e. The van der Waals surface area contributed by atoms with Crippen LogP contribution >= 0.6 is 11.3 Å². The molecule has 0 aliphatic rings. The molecule has 0 saturated heterocycles. The van der Waals surface area contributed by atoms with E-state index in [9.17, 15) is 8.42 Å². The highest BCUT2D eigenvalue weighted by Gasteiger charge is 2.23. The van der Waals surface area contributed by atoms with Crippen LogP contribution in [0.2, 0.25) is 0 Å². The topological polar surface area (TPSA) is 68.3 Å². The molecule has 0 aliphatic carbocycles. The minimum absolute atomic E-state index is 0.144. The molecule has 0 bridgehead atoms. The molecular formula is C17H24N2O3S2. The lowest BCUT2D eigenvalue weighted by molar-refractivity contribution is 0.401. The van der Waals surface area contributed by atoms with E-state index in [1.165, 1.54) is 18.4 Å². The summed E-state index contributed by atoms with van der Waals surface area (Å²) < 4.78 is 33.2. The Hall–Kier alpha value is -1.44. The van der Waals surface area contributed by atoms with E-state index in [-0.39, 0.29) is 10.3 Å². The zero-order chi connectivity index (χ0) is 18.0. The number of hydrogen-bond donors (Lipinski definition) is 1. The number of benzene rings is 1. The normalized spacial score (nSPS) is 12.4. The van der Waals surface area contributed by atoms with E-state index in [4.69, 9.17) is 4.74 Å². The van der Waals surface area contributed by atoms with Crippen molar-refractivity contribution in [1.29, 1.82) is 0 Å². The van der Waals surface area contributed by atoms with Gasteiger partial charge < -0.3 is 4.74 Å². The molecule has 0 saturated carbocycles. The van der Waals surface area contributed by atoms with Crippen LogP contribution < -0.4 is 9.46 Å². The Balaban J connectivity index is 2.20. The van der Waals surface area contributed by atoms with E-state index < -0.39 is 10.0 Å². The molecule has 2 aromatic rings. The quantitative estimate of drug-likeness (QED) is 0.850. The summed E-state index contributed by atoms with van der Waals surface area (Å²) in [6, 6.07) is 5.30. The summed E-state index contributed by atoms with van der Waals surface area (Å²) in [4.78, 5) is 4.52. The van der Waals surface area contributed by atoms with Crippen LogP contribution in [0.25, 0.3) is 0 Å². The van der Waals surface area contributed by atoms with Crippen molar-refractivity contribution in [3.63, 3.8) is 0 Å². The van der Waals surface area contributed by atoms with Gasteiger partial charge in [0, 0.05) is 24.0 Å². The molecule has 0 unspecified atom stereocenters. The number of sulfonamides is 1. The van der Waals surface area contributed by atoms with Crippen molar-refractivity contribution in [2.24, 2.45) is 0 Å². The molecule has 1 aromatic carbocycles. The first-order valence-electron chi connectivity index (χ1n) is 7.72. The molecule has 0 amide bonds. The molecule has 2 rings (SSSR count). The molecule has 7 heteroatoms. The predicted molar refractivity (Wildman–Crippen MR) is 97.4 cm³/mol. The van der Waals surface area contributed by atoms with Crippen molar-refractivity contribution in [2.45, 2.75) is 44.4 Å². The number of aryl methyl sites for hydroxylation is 1. The van der Waals surface area contributed by atoms with Gasteiger partial charge in [0.25, 0.3) is 0 Å². The molecular weight excluding hydrogens is 344 g/mol. The van der Waals surface area contributed by atoms with Crippen LogP contribution in [-0.4, -0.2) is 27.1 Å². The second kappa shape index (κ2) is 7.21. The largest absolute Gasteiger partial charge is 0.495 e.